The first-order chi connectivity index (χ1) is 14.4. The van der Waals surface area contributed by atoms with Crippen molar-refractivity contribution in [2.45, 2.75) is 36.6 Å². The molecule has 4 rings (SSSR count). The van der Waals surface area contributed by atoms with Crippen LogP contribution in [0.4, 0.5) is 5.82 Å². The Morgan fingerprint density at radius 3 is 2.50 bits per heavy atom. The summed E-state index contributed by atoms with van der Waals surface area (Å²) in [6, 6.07) is 8.64. The first kappa shape index (κ1) is 21.3. The summed E-state index contributed by atoms with van der Waals surface area (Å²) in [6.07, 6.45) is 6.28. The third-order valence-electron chi connectivity index (χ3n) is 5.76. The largest absolute Gasteiger partial charge is 0.310 e. The van der Waals surface area contributed by atoms with Crippen molar-refractivity contribution in [3.8, 4) is 0 Å². The zero-order valence-electron chi connectivity index (χ0n) is 16.7. The van der Waals surface area contributed by atoms with E-state index < -0.39 is 10.0 Å². The topological polar surface area (TPSA) is 87.5 Å². The van der Waals surface area contributed by atoms with Gasteiger partial charge >= 0.3 is 0 Å². The fourth-order valence-electron chi connectivity index (χ4n) is 4.16. The monoisotopic (exact) mass is 451 g/mol. The SMILES string of the molecule is O=C(CN1CCN(S(=O)(=O)c2ccccc2Cl)CC1)Nc1ccnn1C1CCCC1. The number of anilines is 1. The highest BCUT2D eigenvalue weighted by atomic mass is 35.5. The predicted octanol–water partition coefficient (Wildman–Crippen LogP) is 2.60. The van der Waals surface area contributed by atoms with Crippen LogP contribution in [0.2, 0.25) is 5.02 Å². The van der Waals surface area contributed by atoms with E-state index in [1.807, 2.05) is 15.6 Å². The number of carbonyl (C=O) groups is 1. The number of amides is 1. The van der Waals surface area contributed by atoms with Crippen LogP contribution < -0.4 is 5.32 Å². The number of benzene rings is 1. The number of halogens is 1. The van der Waals surface area contributed by atoms with E-state index in [0.29, 0.717) is 32.2 Å². The molecule has 2 aromatic rings. The van der Waals surface area contributed by atoms with Gasteiger partial charge in [-0.1, -0.05) is 36.6 Å². The van der Waals surface area contributed by atoms with E-state index >= 15 is 0 Å². The van der Waals surface area contributed by atoms with Gasteiger partial charge in [0.2, 0.25) is 15.9 Å². The lowest BCUT2D eigenvalue weighted by atomic mass is 10.2. The Kier molecular flexibility index (Phi) is 6.43. The summed E-state index contributed by atoms with van der Waals surface area (Å²) in [5, 5.41) is 7.56. The third kappa shape index (κ3) is 4.54. The second kappa shape index (κ2) is 9.05. The van der Waals surface area contributed by atoms with Gasteiger partial charge in [0.05, 0.1) is 23.8 Å². The van der Waals surface area contributed by atoms with Gasteiger partial charge in [-0.3, -0.25) is 9.69 Å². The van der Waals surface area contributed by atoms with Crippen molar-refractivity contribution in [3.05, 3.63) is 41.6 Å². The van der Waals surface area contributed by atoms with Gasteiger partial charge in [0.15, 0.2) is 0 Å². The second-order valence-corrected chi connectivity index (χ2v) is 10.1. The molecule has 0 unspecified atom stereocenters. The highest BCUT2D eigenvalue weighted by molar-refractivity contribution is 7.89. The molecule has 1 N–H and O–H groups in total. The molecule has 0 radical (unpaired) electrons. The molecule has 162 valence electrons. The molecule has 0 spiro atoms. The lowest BCUT2D eigenvalue weighted by molar-refractivity contribution is -0.117. The summed E-state index contributed by atoms with van der Waals surface area (Å²) in [4.78, 5) is 14.6. The van der Waals surface area contributed by atoms with Gasteiger partial charge in [-0.2, -0.15) is 9.40 Å². The first-order valence-corrected chi connectivity index (χ1v) is 12.1. The minimum Gasteiger partial charge on any atom is -0.310 e. The van der Waals surface area contributed by atoms with Gasteiger partial charge in [0.25, 0.3) is 0 Å². The van der Waals surface area contributed by atoms with E-state index in [2.05, 4.69) is 10.4 Å². The van der Waals surface area contributed by atoms with Crippen LogP contribution in [0.25, 0.3) is 0 Å². The van der Waals surface area contributed by atoms with Gasteiger partial charge in [-0.05, 0) is 25.0 Å². The van der Waals surface area contributed by atoms with E-state index in [-0.39, 0.29) is 22.4 Å². The summed E-state index contributed by atoms with van der Waals surface area (Å²) in [5.41, 5.74) is 0. The molecule has 10 heteroatoms. The predicted molar refractivity (Wildman–Crippen MR) is 115 cm³/mol. The Bertz CT molecular complexity index is 995. The standard InChI is InChI=1S/C20H26ClN5O3S/c21-17-7-3-4-8-18(17)30(28,29)25-13-11-24(12-14-25)15-20(27)23-19-9-10-22-26(19)16-5-1-2-6-16/h3-4,7-10,16H,1-2,5-6,11-15H2,(H,23,27). The average molecular weight is 452 g/mol. The van der Waals surface area contributed by atoms with Crippen LogP contribution in [0.3, 0.4) is 0 Å². The molecule has 30 heavy (non-hydrogen) atoms. The van der Waals surface area contributed by atoms with E-state index in [0.717, 1.165) is 18.7 Å². The zero-order chi connectivity index (χ0) is 21.1. The van der Waals surface area contributed by atoms with E-state index in [4.69, 9.17) is 11.6 Å². The number of aromatic nitrogens is 2. The smallest absolute Gasteiger partial charge is 0.244 e. The lowest BCUT2D eigenvalue weighted by Crippen LogP contribution is -2.50. The number of nitrogens with one attached hydrogen (secondary N) is 1. The number of carbonyl (C=O) groups excluding carboxylic acids is 1. The summed E-state index contributed by atoms with van der Waals surface area (Å²) in [5.74, 6) is 0.615. The molecule has 1 aromatic carbocycles. The molecular weight excluding hydrogens is 426 g/mol. The molecule has 8 nitrogen and oxygen atoms in total. The van der Waals surface area contributed by atoms with Crippen molar-refractivity contribution in [1.82, 2.24) is 19.0 Å². The molecule has 1 aliphatic carbocycles. The number of hydrogen-bond acceptors (Lipinski definition) is 5. The van der Waals surface area contributed by atoms with E-state index in [1.54, 1.807) is 24.4 Å². The van der Waals surface area contributed by atoms with E-state index in [9.17, 15) is 13.2 Å². The molecule has 1 saturated carbocycles. The van der Waals surface area contributed by atoms with Crippen LogP contribution in [-0.4, -0.2) is 66.0 Å². The number of sulfonamides is 1. The van der Waals surface area contributed by atoms with Gasteiger partial charge in [-0.15, -0.1) is 0 Å². The number of nitrogens with zero attached hydrogens (tertiary/aromatic N) is 4. The van der Waals surface area contributed by atoms with Crippen molar-refractivity contribution in [2.75, 3.05) is 38.0 Å². The van der Waals surface area contributed by atoms with Gasteiger partial charge in [0, 0.05) is 32.2 Å². The summed E-state index contributed by atoms with van der Waals surface area (Å²) in [6.45, 7) is 1.83. The lowest BCUT2D eigenvalue weighted by Gasteiger charge is -2.33. The van der Waals surface area contributed by atoms with Crippen molar-refractivity contribution in [3.63, 3.8) is 0 Å². The number of hydrogen-bond donors (Lipinski definition) is 1. The van der Waals surface area contributed by atoms with Gasteiger partial charge < -0.3 is 5.32 Å². The average Bonchev–Trinajstić information content (AvgIpc) is 3.40. The van der Waals surface area contributed by atoms with Gasteiger partial charge in [0.1, 0.15) is 10.7 Å². The Morgan fingerprint density at radius 1 is 1.10 bits per heavy atom. The van der Waals surface area contributed by atoms with Crippen molar-refractivity contribution >= 4 is 33.3 Å². The van der Waals surface area contributed by atoms with Gasteiger partial charge in [-0.25, -0.2) is 13.1 Å². The fraction of sp³-hybridized carbons (Fsp3) is 0.500. The second-order valence-electron chi connectivity index (χ2n) is 7.76. The van der Waals surface area contributed by atoms with Crippen LogP contribution >= 0.6 is 11.6 Å². The zero-order valence-corrected chi connectivity index (χ0v) is 18.3. The third-order valence-corrected chi connectivity index (χ3v) is 8.16. The minimum atomic E-state index is -3.64. The Labute approximate surface area is 181 Å². The van der Waals surface area contributed by atoms with Crippen molar-refractivity contribution in [1.29, 1.82) is 0 Å². The number of rotatable bonds is 6. The highest BCUT2D eigenvalue weighted by Gasteiger charge is 2.30. The maximum atomic E-state index is 12.8. The quantitative estimate of drug-likeness (QED) is 0.729. The van der Waals surface area contributed by atoms with Crippen LogP contribution in [0.5, 0.6) is 0 Å². The molecule has 2 fully saturated rings. The number of piperazine rings is 1. The summed E-state index contributed by atoms with van der Waals surface area (Å²) >= 11 is 6.08. The maximum Gasteiger partial charge on any atom is 0.244 e. The molecule has 2 aliphatic rings. The molecule has 2 heterocycles. The molecular formula is C20H26ClN5O3S. The molecule has 0 bridgehead atoms. The Hall–Kier alpha value is -1.94. The molecule has 0 atom stereocenters. The molecule has 1 aromatic heterocycles. The Morgan fingerprint density at radius 2 is 1.80 bits per heavy atom. The maximum absolute atomic E-state index is 12.8. The highest BCUT2D eigenvalue weighted by Crippen LogP contribution is 2.31. The molecule has 1 amide bonds. The summed E-state index contributed by atoms with van der Waals surface area (Å²) < 4.78 is 29.0. The van der Waals surface area contributed by atoms with E-state index in [1.165, 1.54) is 23.2 Å². The first-order valence-electron chi connectivity index (χ1n) is 10.3. The Balaban J connectivity index is 1.31. The van der Waals surface area contributed by atoms with Crippen LogP contribution in [-0.2, 0) is 14.8 Å². The van der Waals surface area contributed by atoms with Crippen LogP contribution in [0, 0.1) is 0 Å². The summed E-state index contributed by atoms with van der Waals surface area (Å²) in [7, 11) is -3.64. The molecule has 1 aliphatic heterocycles. The molecule has 1 saturated heterocycles. The van der Waals surface area contributed by atoms with Crippen molar-refractivity contribution < 1.29 is 13.2 Å². The fourth-order valence-corrected chi connectivity index (χ4v) is 6.07. The normalized spacial score (nSPS) is 19.2. The van der Waals surface area contributed by atoms with Crippen LogP contribution in [0.1, 0.15) is 31.7 Å². The minimum absolute atomic E-state index is 0.114. The van der Waals surface area contributed by atoms with Crippen LogP contribution in [0.15, 0.2) is 41.4 Å². The van der Waals surface area contributed by atoms with Crippen molar-refractivity contribution in [2.24, 2.45) is 0 Å².